The third-order valence-electron chi connectivity index (χ3n) is 2.67. The smallest absolute Gasteiger partial charge is 0.146 e. The lowest BCUT2D eigenvalue weighted by atomic mass is 10.1. The lowest BCUT2D eigenvalue weighted by Crippen LogP contribution is -2.08. The van der Waals surface area contributed by atoms with Gasteiger partial charge in [-0.1, -0.05) is 41.4 Å². The molecule has 1 nitrogen and oxygen atoms in total. The molecule has 0 aliphatic rings. The predicted octanol–water partition coefficient (Wildman–Crippen LogP) is 5.31. The zero-order chi connectivity index (χ0) is 13.1. The third-order valence-corrected chi connectivity index (χ3v) is 3.24. The molecule has 0 aliphatic heterocycles. The van der Waals surface area contributed by atoms with Crippen LogP contribution in [-0.2, 0) is 0 Å². The zero-order valence-electron chi connectivity index (χ0n) is 9.75. The molecule has 1 N–H and O–H groups in total. The molecule has 1 atom stereocenters. The molecular weight excluding hydrogens is 272 g/mol. The van der Waals surface area contributed by atoms with Gasteiger partial charge in [0.05, 0.1) is 11.7 Å². The Hall–Kier alpha value is -1.25. The van der Waals surface area contributed by atoms with E-state index in [9.17, 15) is 4.39 Å². The summed E-state index contributed by atoms with van der Waals surface area (Å²) in [6.45, 7) is 1.92. The van der Waals surface area contributed by atoms with Crippen LogP contribution in [0.5, 0.6) is 0 Å². The molecular formula is C14H12Cl2FN. The largest absolute Gasteiger partial charge is 0.376 e. The van der Waals surface area contributed by atoms with Gasteiger partial charge in [0.2, 0.25) is 0 Å². The van der Waals surface area contributed by atoms with Crippen molar-refractivity contribution in [2.45, 2.75) is 13.0 Å². The minimum absolute atomic E-state index is 0.105. The van der Waals surface area contributed by atoms with Crippen molar-refractivity contribution >= 4 is 28.9 Å². The average molecular weight is 284 g/mol. The maximum Gasteiger partial charge on any atom is 0.146 e. The Morgan fingerprint density at radius 3 is 2.50 bits per heavy atom. The number of anilines is 1. The lowest BCUT2D eigenvalue weighted by Gasteiger charge is -2.17. The second-order valence-electron chi connectivity index (χ2n) is 4.01. The summed E-state index contributed by atoms with van der Waals surface area (Å²) in [7, 11) is 0. The van der Waals surface area contributed by atoms with Gasteiger partial charge in [-0.3, -0.25) is 0 Å². The first kappa shape index (κ1) is 13.2. The van der Waals surface area contributed by atoms with E-state index < -0.39 is 0 Å². The van der Waals surface area contributed by atoms with Crippen molar-refractivity contribution in [3.8, 4) is 0 Å². The van der Waals surface area contributed by atoms with Crippen LogP contribution in [0, 0.1) is 5.82 Å². The second-order valence-corrected chi connectivity index (χ2v) is 4.86. The maximum atomic E-state index is 13.5. The molecule has 0 bridgehead atoms. The quantitative estimate of drug-likeness (QED) is 0.805. The molecule has 0 fully saturated rings. The Bertz CT molecular complexity index is 557. The van der Waals surface area contributed by atoms with Crippen molar-refractivity contribution in [1.29, 1.82) is 0 Å². The highest BCUT2D eigenvalue weighted by Crippen LogP contribution is 2.29. The van der Waals surface area contributed by atoms with Crippen LogP contribution in [0.1, 0.15) is 18.5 Å². The van der Waals surface area contributed by atoms with E-state index in [0.29, 0.717) is 15.7 Å². The van der Waals surface area contributed by atoms with E-state index in [1.54, 1.807) is 30.3 Å². The van der Waals surface area contributed by atoms with E-state index in [1.165, 1.54) is 6.07 Å². The monoisotopic (exact) mass is 283 g/mol. The van der Waals surface area contributed by atoms with Crippen molar-refractivity contribution in [3.05, 3.63) is 63.9 Å². The van der Waals surface area contributed by atoms with Crippen LogP contribution in [0.2, 0.25) is 10.0 Å². The summed E-state index contributed by atoms with van der Waals surface area (Å²) < 4.78 is 13.5. The minimum Gasteiger partial charge on any atom is -0.376 e. The predicted molar refractivity (Wildman–Crippen MR) is 74.9 cm³/mol. The number of hydrogen-bond donors (Lipinski definition) is 1. The molecule has 0 aliphatic carbocycles. The summed E-state index contributed by atoms with van der Waals surface area (Å²) in [5, 5.41) is 4.24. The summed E-state index contributed by atoms with van der Waals surface area (Å²) in [6, 6.07) is 11.7. The van der Waals surface area contributed by atoms with Crippen molar-refractivity contribution in [3.63, 3.8) is 0 Å². The standard InChI is InChI=1S/C14H12Cl2FN/c1-9(11-7-6-10(15)8-12(11)16)18-14-5-3-2-4-13(14)17/h2-9,18H,1H3. The van der Waals surface area contributed by atoms with E-state index in [-0.39, 0.29) is 11.9 Å². The van der Waals surface area contributed by atoms with E-state index in [1.807, 2.05) is 13.0 Å². The molecule has 2 aromatic rings. The Morgan fingerprint density at radius 1 is 1.11 bits per heavy atom. The summed E-state index contributed by atoms with van der Waals surface area (Å²) in [5.41, 5.74) is 1.33. The van der Waals surface area contributed by atoms with E-state index in [4.69, 9.17) is 23.2 Å². The highest BCUT2D eigenvalue weighted by atomic mass is 35.5. The Labute approximate surface area is 116 Å². The number of benzene rings is 2. The minimum atomic E-state index is -0.283. The van der Waals surface area contributed by atoms with Crippen LogP contribution < -0.4 is 5.32 Å². The first-order valence-corrected chi connectivity index (χ1v) is 6.29. The molecule has 4 heteroatoms. The molecule has 2 rings (SSSR count). The van der Waals surface area contributed by atoms with Gasteiger partial charge in [0.1, 0.15) is 5.82 Å². The first-order valence-electron chi connectivity index (χ1n) is 5.54. The van der Waals surface area contributed by atoms with Crippen LogP contribution in [-0.4, -0.2) is 0 Å². The van der Waals surface area contributed by atoms with E-state index >= 15 is 0 Å². The fourth-order valence-corrected chi connectivity index (χ4v) is 2.31. The van der Waals surface area contributed by atoms with E-state index in [2.05, 4.69) is 5.32 Å². The van der Waals surface area contributed by atoms with Crippen molar-refractivity contribution in [2.24, 2.45) is 0 Å². The van der Waals surface area contributed by atoms with Crippen molar-refractivity contribution < 1.29 is 4.39 Å². The number of hydrogen-bond acceptors (Lipinski definition) is 1. The average Bonchev–Trinajstić information content (AvgIpc) is 2.32. The van der Waals surface area contributed by atoms with Crippen molar-refractivity contribution in [2.75, 3.05) is 5.32 Å². The molecule has 2 aromatic carbocycles. The van der Waals surface area contributed by atoms with Crippen LogP contribution in [0.15, 0.2) is 42.5 Å². The number of rotatable bonds is 3. The fourth-order valence-electron chi connectivity index (χ4n) is 1.74. The number of nitrogens with one attached hydrogen (secondary N) is 1. The molecule has 94 valence electrons. The van der Waals surface area contributed by atoms with Crippen LogP contribution in [0.3, 0.4) is 0 Å². The van der Waals surface area contributed by atoms with E-state index in [0.717, 1.165) is 5.56 Å². The van der Waals surface area contributed by atoms with Gasteiger partial charge in [0, 0.05) is 10.0 Å². The van der Waals surface area contributed by atoms with Gasteiger partial charge in [0.25, 0.3) is 0 Å². The van der Waals surface area contributed by atoms with Gasteiger partial charge in [0.15, 0.2) is 0 Å². The zero-order valence-corrected chi connectivity index (χ0v) is 11.3. The molecule has 0 radical (unpaired) electrons. The lowest BCUT2D eigenvalue weighted by molar-refractivity contribution is 0.627. The van der Waals surface area contributed by atoms with Gasteiger partial charge in [-0.05, 0) is 36.8 Å². The molecule has 0 heterocycles. The molecule has 0 amide bonds. The summed E-state index contributed by atoms with van der Waals surface area (Å²) in [5.74, 6) is -0.283. The topological polar surface area (TPSA) is 12.0 Å². The SMILES string of the molecule is CC(Nc1ccccc1F)c1ccc(Cl)cc1Cl. The Kier molecular flexibility index (Phi) is 4.10. The fraction of sp³-hybridized carbons (Fsp3) is 0.143. The summed E-state index contributed by atoms with van der Waals surface area (Å²) in [4.78, 5) is 0. The van der Waals surface area contributed by atoms with Gasteiger partial charge in [-0.25, -0.2) is 4.39 Å². The van der Waals surface area contributed by atoms with Gasteiger partial charge in [-0.15, -0.1) is 0 Å². The van der Waals surface area contributed by atoms with Gasteiger partial charge >= 0.3 is 0 Å². The van der Waals surface area contributed by atoms with Crippen molar-refractivity contribution in [1.82, 2.24) is 0 Å². The number of halogens is 3. The molecule has 0 saturated carbocycles. The molecule has 0 saturated heterocycles. The first-order chi connectivity index (χ1) is 8.58. The molecule has 0 aromatic heterocycles. The normalized spacial score (nSPS) is 12.2. The van der Waals surface area contributed by atoms with Gasteiger partial charge < -0.3 is 5.32 Å². The van der Waals surface area contributed by atoms with Crippen LogP contribution in [0.25, 0.3) is 0 Å². The molecule has 0 spiro atoms. The van der Waals surface area contributed by atoms with Gasteiger partial charge in [-0.2, -0.15) is 0 Å². The Morgan fingerprint density at radius 2 is 1.83 bits per heavy atom. The second kappa shape index (κ2) is 5.59. The Balaban J connectivity index is 2.22. The number of para-hydroxylation sites is 1. The molecule has 1 unspecified atom stereocenters. The third kappa shape index (κ3) is 2.95. The van der Waals surface area contributed by atoms with Crippen LogP contribution >= 0.6 is 23.2 Å². The summed E-state index contributed by atoms with van der Waals surface area (Å²) in [6.07, 6.45) is 0. The maximum absolute atomic E-state index is 13.5. The summed E-state index contributed by atoms with van der Waals surface area (Å²) >= 11 is 12.0. The van der Waals surface area contributed by atoms with Crippen LogP contribution in [0.4, 0.5) is 10.1 Å². The highest BCUT2D eigenvalue weighted by Gasteiger charge is 2.11. The molecule has 18 heavy (non-hydrogen) atoms. The highest BCUT2D eigenvalue weighted by molar-refractivity contribution is 6.35.